The fourth-order valence-electron chi connectivity index (χ4n) is 1.38. The number of hydrogen-bond donors (Lipinski definition) is 1. The van der Waals surface area contributed by atoms with Crippen molar-refractivity contribution in [2.45, 2.75) is 26.2 Å². The van der Waals surface area contributed by atoms with E-state index in [1.807, 2.05) is 14.0 Å². The van der Waals surface area contributed by atoms with Crippen LogP contribution in [0.25, 0.3) is 0 Å². The van der Waals surface area contributed by atoms with Crippen molar-refractivity contribution in [1.82, 2.24) is 10.2 Å². The molecule has 1 N–H and O–H groups in total. The van der Waals surface area contributed by atoms with Crippen LogP contribution in [0.4, 0.5) is 0 Å². The van der Waals surface area contributed by atoms with Crippen LogP contribution < -0.4 is 5.32 Å². The Labute approximate surface area is 88.8 Å². The van der Waals surface area contributed by atoms with Crippen LogP contribution in [0.1, 0.15) is 26.2 Å². The predicted molar refractivity (Wildman–Crippen MR) is 61.8 cm³/mol. The molecule has 0 saturated carbocycles. The Bertz CT molecular complexity index is 97.5. The summed E-state index contributed by atoms with van der Waals surface area (Å²) < 4.78 is 5.29. The van der Waals surface area contributed by atoms with Crippen LogP contribution in [-0.2, 0) is 4.74 Å². The maximum Gasteiger partial charge on any atom is 0.0478 e. The molecule has 86 valence electrons. The molecule has 3 heteroatoms. The summed E-state index contributed by atoms with van der Waals surface area (Å²) in [5.74, 6) is 0. The van der Waals surface area contributed by atoms with E-state index in [2.05, 4.69) is 17.3 Å². The van der Waals surface area contributed by atoms with Gasteiger partial charge in [0.25, 0.3) is 0 Å². The van der Waals surface area contributed by atoms with E-state index in [-0.39, 0.29) is 0 Å². The highest BCUT2D eigenvalue weighted by Crippen LogP contribution is 1.94. The summed E-state index contributed by atoms with van der Waals surface area (Å²) in [5, 5.41) is 3.16. The molecule has 0 aliphatic carbocycles. The molecule has 0 aromatic carbocycles. The maximum absolute atomic E-state index is 5.29. The fraction of sp³-hybridized carbons (Fsp3) is 1.00. The first-order valence-corrected chi connectivity index (χ1v) is 5.72. The van der Waals surface area contributed by atoms with E-state index in [0.717, 1.165) is 32.7 Å². The van der Waals surface area contributed by atoms with Gasteiger partial charge < -0.3 is 15.0 Å². The van der Waals surface area contributed by atoms with E-state index in [1.165, 1.54) is 19.4 Å². The van der Waals surface area contributed by atoms with Crippen molar-refractivity contribution < 1.29 is 4.74 Å². The molecule has 14 heavy (non-hydrogen) atoms. The highest BCUT2D eigenvalue weighted by molar-refractivity contribution is 4.52. The first kappa shape index (κ1) is 13.9. The van der Waals surface area contributed by atoms with Gasteiger partial charge in [-0.25, -0.2) is 0 Å². The van der Waals surface area contributed by atoms with Crippen LogP contribution >= 0.6 is 0 Å². The van der Waals surface area contributed by atoms with E-state index in [9.17, 15) is 0 Å². The molecule has 0 rings (SSSR count). The maximum atomic E-state index is 5.29. The van der Waals surface area contributed by atoms with Crippen LogP contribution in [0, 0.1) is 0 Å². The van der Waals surface area contributed by atoms with Gasteiger partial charge in [0, 0.05) is 19.8 Å². The number of rotatable bonds is 10. The minimum atomic E-state index is 0.839. The topological polar surface area (TPSA) is 24.5 Å². The number of ether oxygens (including phenoxy) is 1. The monoisotopic (exact) mass is 202 g/mol. The lowest BCUT2D eigenvalue weighted by molar-refractivity contribution is 0.135. The van der Waals surface area contributed by atoms with E-state index in [1.54, 1.807) is 0 Å². The zero-order chi connectivity index (χ0) is 10.6. The van der Waals surface area contributed by atoms with Gasteiger partial charge in [-0.3, -0.25) is 0 Å². The Morgan fingerprint density at radius 1 is 1.14 bits per heavy atom. The van der Waals surface area contributed by atoms with Crippen molar-refractivity contribution in [1.29, 1.82) is 0 Å². The quantitative estimate of drug-likeness (QED) is 0.541. The van der Waals surface area contributed by atoms with Gasteiger partial charge in [0.15, 0.2) is 0 Å². The molecule has 3 nitrogen and oxygen atoms in total. The standard InChI is InChI=1S/C11H26N2O/c1-4-14-11-7-10-13(3)9-6-5-8-12-2/h12H,4-11H2,1-3H3. The van der Waals surface area contributed by atoms with Gasteiger partial charge in [0.05, 0.1) is 0 Å². The summed E-state index contributed by atoms with van der Waals surface area (Å²) in [4.78, 5) is 2.38. The molecule has 0 radical (unpaired) electrons. The minimum Gasteiger partial charge on any atom is -0.382 e. The van der Waals surface area contributed by atoms with Crippen molar-refractivity contribution >= 4 is 0 Å². The SMILES string of the molecule is CCOCCCN(C)CCCCNC. The number of hydrogen-bond acceptors (Lipinski definition) is 3. The molecular weight excluding hydrogens is 176 g/mol. The summed E-state index contributed by atoms with van der Waals surface area (Å²) in [6.45, 7) is 7.27. The summed E-state index contributed by atoms with van der Waals surface area (Å²) in [6.07, 6.45) is 3.70. The Morgan fingerprint density at radius 3 is 2.50 bits per heavy atom. The van der Waals surface area contributed by atoms with E-state index in [0.29, 0.717) is 0 Å². The normalized spacial score (nSPS) is 11.1. The molecule has 0 atom stereocenters. The average Bonchev–Trinajstić information content (AvgIpc) is 2.19. The molecule has 0 aromatic rings. The lowest BCUT2D eigenvalue weighted by Gasteiger charge is -2.16. The van der Waals surface area contributed by atoms with E-state index in [4.69, 9.17) is 4.74 Å². The number of nitrogens with zero attached hydrogens (tertiary/aromatic N) is 1. The van der Waals surface area contributed by atoms with Crippen molar-refractivity contribution in [3.8, 4) is 0 Å². The molecule has 0 fully saturated rings. The van der Waals surface area contributed by atoms with Crippen LogP contribution in [0.5, 0.6) is 0 Å². The predicted octanol–water partition coefficient (Wildman–Crippen LogP) is 1.34. The van der Waals surface area contributed by atoms with Gasteiger partial charge in [-0.2, -0.15) is 0 Å². The molecule has 0 aromatic heterocycles. The van der Waals surface area contributed by atoms with Gasteiger partial charge >= 0.3 is 0 Å². The Kier molecular flexibility index (Phi) is 10.9. The highest BCUT2D eigenvalue weighted by Gasteiger charge is 1.97. The minimum absolute atomic E-state index is 0.839. The molecule has 0 aliphatic rings. The Morgan fingerprint density at radius 2 is 1.86 bits per heavy atom. The van der Waals surface area contributed by atoms with E-state index < -0.39 is 0 Å². The third kappa shape index (κ3) is 9.96. The summed E-state index contributed by atoms with van der Waals surface area (Å²) >= 11 is 0. The van der Waals surface area contributed by atoms with Gasteiger partial charge in [0.1, 0.15) is 0 Å². The molecule has 0 spiro atoms. The van der Waals surface area contributed by atoms with Crippen molar-refractivity contribution in [2.75, 3.05) is 46.9 Å². The first-order valence-electron chi connectivity index (χ1n) is 5.72. The molecule has 0 heterocycles. The van der Waals surface area contributed by atoms with E-state index >= 15 is 0 Å². The molecule has 0 unspecified atom stereocenters. The Hall–Kier alpha value is -0.120. The van der Waals surface area contributed by atoms with Gasteiger partial charge in [0.2, 0.25) is 0 Å². The zero-order valence-electron chi connectivity index (χ0n) is 10.0. The van der Waals surface area contributed by atoms with Crippen LogP contribution in [-0.4, -0.2) is 51.8 Å². The second-order valence-electron chi connectivity index (χ2n) is 3.66. The van der Waals surface area contributed by atoms with Crippen molar-refractivity contribution in [3.05, 3.63) is 0 Å². The van der Waals surface area contributed by atoms with Gasteiger partial charge in [-0.05, 0) is 53.4 Å². The summed E-state index contributed by atoms with van der Waals surface area (Å²) in [6, 6.07) is 0. The second kappa shape index (κ2) is 11.0. The second-order valence-corrected chi connectivity index (χ2v) is 3.66. The van der Waals surface area contributed by atoms with Crippen molar-refractivity contribution in [2.24, 2.45) is 0 Å². The molecule has 0 saturated heterocycles. The van der Waals surface area contributed by atoms with Crippen molar-refractivity contribution in [3.63, 3.8) is 0 Å². The molecule has 0 aliphatic heterocycles. The molecule has 0 amide bonds. The summed E-state index contributed by atoms with van der Waals surface area (Å²) in [5.41, 5.74) is 0. The lowest BCUT2D eigenvalue weighted by atomic mass is 10.3. The van der Waals surface area contributed by atoms with Crippen LogP contribution in [0.3, 0.4) is 0 Å². The fourth-order valence-corrected chi connectivity index (χ4v) is 1.38. The number of nitrogens with one attached hydrogen (secondary N) is 1. The lowest BCUT2D eigenvalue weighted by Crippen LogP contribution is -2.22. The summed E-state index contributed by atoms with van der Waals surface area (Å²) in [7, 11) is 4.19. The van der Waals surface area contributed by atoms with Gasteiger partial charge in [-0.1, -0.05) is 0 Å². The smallest absolute Gasteiger partial charge is 0.0478 e. The highest BCUT2D eigenvalue weighted by atomic mass is 16.5. The molecular formula is C11H26N2O. The Balaban J connectivity index is 3.07. The first-order chi connectivity index (χ1) is 6.81. The van der Waals surface area contributed by atoms with Crippen LogP contribution in [0.2, 0.25) is 0 Å². The third-order valence-corrected chi connectivity index (χ3v) is 2.25. The van der Waals surface area contributed by atoms with Gasteiger partial charge in [-0.15, -0.1) is 0 Å². The average molecular weight is 202 g/mol. The largest absolute Gasteiger partial charge is 0.382 e. The third-order valence-electron chi connectivity index (χ3n) is 2.25. The zero-order valence-corrected chi connectivity index (χ0v) is 10.0. The van der Waals surface area contributed by atoms with Crippen LogP contribution in [0.15, 0.2) is 0 Å². The number of unbranched alkanes of at least 4 members (excludes halogenated alkanes) is 1. The molecule has 0 bridgehead atoms.